The molecular weight excluding hydrogens is 410 g/mol. The van der Waals surface area contributed by atoms with Crippen molar-refractivity contribution in [3.63, 3.8) is 0 Å². The van der Waals surface area contributed by atoms with Crippen LogP contribution in [0.1, 0.15) is 16.7 Å². The van der Waals surface area contributed by atoms with Gasteiger partial charge in [-0.2, -0.15) is 0 Å². The standard InChI is InChI=1S/C29H21NO3/c31-29-27(19-22-10-7-13-26(18-22)32-20-21-8-3-1-4-9-21)30-28(33-29)25-16-14-24(15-17-25)23-11-5-2-6-12-23/h1-19H,20H2/b27-19-. The van der Waals surface area contributed by atoms with E-state index in [1.165, 1.54) is 0 Å². The van der Waals surface area contributed by atoms with Crippen molar-refractivity contribution in [1.82, 2.24) is 0 Å². The molecule has 0 fully saturated rings. The molecule has 0 atom stereocenters. The molecule has 33 heavy (non-hydrogen) atoms. The number of benzene rings is 4. The highest BCUT2D eigenvalue weighted by Gasteiger charge is 2.24. The van der Waals surface area contributed by atoms with E-state index in [0.29, 0.717) is 12.5 Å². The van der Waals surface area contributed by atoms with Gasteiger partial charge in [-0.05, 0) is 52.6 Å². The third-order valence-electron chi connectivity index (χ3n) is 5.27. The zero-order chi connectivity index (χ0) is 22.5. The van der Waals surface area contributed by atoms with Gasteiger partial charge in [-0.3, -0.25) is 0 Å². The summed E-state index contributed by atoms with van der Waals surface area (Å²) in [5.41, 5.74) is 5.14. The minimum Gasteiger partial charge on any atom is -0.489 e. The third kappa shape index (κ3) is 4.91. The number of aliphatic imine (C=N–C) groups is 1. The highest BCUT2D eigenvalue weighted by molar-refractivity contribution is 6.13. The van der Waals surface area contributed by atoms with Crippen LogP contribution in [0, 0.1) is 0 Å². The Morgan fingerprint density at radius 1 is 0.727 bits per heavy atom. The van der Waals surface area contributed by atoms with Gasteiger partial charge >= 0.3 is 5.97 Å². The van der Waals surface area contributed by atoms with Gasteiger partial charge in [0.2, 0.25) is 5.90 Å². The van der Waals surface area contributed by atoms with Crippen LogP contribution in [-0.4, -0.2) is 11.9 Å². The molecule has 0 N–H and O–H groups in total. The van der Waals surface area contributed by atoms with Crippen LogP contribution < -0.4 is 4.74 Å². The normalized spacial score (nSPS) is 14.1. The molecule has 4 nitrogen and oxygen atoms in total. The maximum absolute atomic E-state index is 12.4. The van der Waals surface area contributed by atoms with Crippen molar-refractivity contribution in [2.75, 3.05) is 0 Å². The van der Waals surface area contributed by atoms with Crippen LogP contribution in [0.15, 0.2) is 120 Å². The van der Waals surface area contributed by atoms with Gasteiger partial charge in [0.25, 0.3) is 0 Å². The molecule has 0 aromatic heterocycles. The van der Waals surface area contributed by atoms with Crippen molar-refractivity contribution in [2.24, 2.45) is 4.99 Å². The minimum absolute atomic E-state index is 0.261. The van der Waals surface area contributed by atoms with Crippen LogP contribution in [0.2, 0.25) is 0 Å². The molecule has 0 saturated heterocycles. The number of cyclic esters (lactones) is 1. The second kappa shape index (κ2) is 9.37. The molecular formula is C29H21NO3. The van der Waals surface area contributed by atoms with Gasteiger partial charge in [0.05, 0.1) is 0 Å². The fourth-order valence-electron chi connectivity index (χ4n) is 3.56. The van der Waals surface area contributed by atoms with E-state index in [9.17, 15) is 4.79 Å². The van der Waals surface area contributed by atoms with Crippen LogP contribution in [-0.2, 0) is 16.1 Å². The summed E-state index contributed by atoms with van der Waals surface area (Å²) in [6.45, 7) is 0.476. The average molecular weight is 431 g/mol. The van der Waals surface area contributed by atoms with Crippen molar-refractivity contribution in [1.29, 1.82) is 0 Å². The van der Waals surface area contributed by atoms with Gasteiger partial charge in [0.1, 0.15) is 12.4 Å². The van der Waals surface area contributed by atoms with Gasteiger partial charge < -0.3 is 9.47 Å². The molecule has 160 valence electrons. The lowest BCUT2D eigenvalue weighted by Gasteiger charge is -2.07. The number of rotatable bonds is 6. The summed E-state index contributed by atoms with van der Waals surface area (Å²) >= 11 is 0. The molecule has 4 aromatic carbocycles. The molecule has 0 radical (unpaired) electrons. The van der Waals surface area contributed by atoms with Crippen molar-refractivity contribution < 1.29 is 14.3 Å². The van der Waals surface area contributed by atoms with Crippen LogP contribution in [0.5, 0.6) is 5.75 Å². The van der Waals surface area contributed by atoms with E-state index in [2.05, 4.69) is 17.1 Å². The topological polar surface area (TPSA) is 47.9 Å². The summed E-state index contributed by atoms with van der Waals surface area (Å²) in [6.07, 6.45) is 1.71. The fourth-order valence-corrected chi connectivity index (χ4v) is 3.56. The maximum atomic E-state index is 12.4. The Labute approximate surface area is 192 Å². The predicted octanol–water partition coefficient (Wildman–Crippen LogP) is 6.28. The van der Waals surface area contributed by atoms with E-state index in [4.69, 9.17) is 9.47 Å². The molecule has 4 heteroatoms. The molecule has 1 aliphatic heterocycles. The van der Waals surface area contributed by atoms with E-state index in [0.717, 1.165) is 33.6 Å². The van der Waals surface area contributed by atoms with Crippen LogP contribution in [0.3, 0.4) is 0 Å². The Kier molecular flexibility index (Phi) is 5.81. The molecule has 0 bridgehead atoms. The maximum Gasteiger partial charge on any atom is 0.363 e. The molecule has 0 amide bonds. The first-order chi connectivity index (χ1) is 16.2. The lowest BCUT2D eigenvalue weighted by atomic mass is 10.0. The van der Waals surface area contributed by atoms with Gasteiger partial charge in [-0.1, -0.05) is 84.9 Å². The molecule has 1 heterocycles. The van der Waals surface area contributed by atoms with Crippen LogP contribution in [0.25, 0.3) is 17.2 Å². The van der Waals surface area contributed by atoms with E-state index in [1.54, 1.807) is 6.08 Å². The zero-order valence-corrected chi connectivity index (χ0v) is 17.8. The Bertz CT molecular complexity index is 1320. The largest absolute Gasteiger partial charge is 0.489 e. The number of hydrogen-bond donors (Lipinski definition) is 0. The average Bonchev–Trinajstić information content (AvgIpc) is 3.24. The Morgan fingerprint density at radius 2 is 1.39 bits per heavy atom. The van der Waals surface area contributed by atoms with E-state index >= 15 is 0 Å². The smallest absolute Gasteiger partial charge is 0.363 e. The van der Waals surface area contributed by atoms with Crippen molar-refractivity contribution in [2.45, 2.75) is 6.61 Å². The predicted molar refractivity (Wildman–Crippen MR) is 130 cm³/mol. The first kappa shape index (κ1) is 20.5. The quantitative estimate of drug-likeness (QED) is 0.267. The number of hydrogen-bond acceptors (Lipinski definition) is 4. The SMILES string of the molecule is O=C1OC(c2ccc(-c3ccccc3)cc2)=N/C1=C\c1cccc(OCc2ccccc2)c1. The minimum atomic E-state index is -0.465. The van der Waals surface area contributed by atoms with Crippen molar-refractivity contribution in [3.05, 3.63) is 132 Å². The summed E-state index contributed by atoms with van der Waals surface area (Å²) in [5, 5.41) is 0. The monoisotopic (exact) mass is 431 g/mol. The number of carbonyl (C=O) groups is 1. The highest BCUT2D eigenvalue weighted by Crippen LogP contribution is 2.24. The van der Waals surface area contributed by atoms with Crippen molar-refractivity contribution in [3.8, 4) is 16.9 Å². The lowest BCUT2D eigenvalue weighted by Crippen LogP contribution is -2.05. The molecule has 4 aromatic rings. The zero-order valence-electron chi connectivity index (χ0n) is 17.8. The lowest BCUT2D eigenvalue weighted by molar-refractivity contribution is -0.129. The summed E-state index contributed by atoms with van der Waals surface area (Å²) in [5.74, 6) is 0.565. The molecule has 0 saturated carbocycles. The summed E-state index contributed by atoms with van der Waals surface area (Å²) in [7, 11) is 0. The summed E-state index contributed by atoms with van der Waals surface area (Å²) in [6, 6.07) is 35.5. The molecule has 5 rings (SSSR count). The number of carbonyl (C=O) groups excluding carboxylic acids is 1. The van der Waals surface area contributed by atoms with E-state index < -0.39 is 5.97 Å². The molecule has 0 unspecified atom stereocenters. The van der Waals surface area contributed by atoms with Crippen molar-refractivity contribution >= 4 is 17.9 Å². The second-order valence-corrected chi connectivity index (χ2v) is 7.63. The molecule has 0 aliphatic carbocycles. The van der Waals surface area contributed by atoms with Crippen LogP contribution in [0.4, 0.5) is 0 Å². The van der Waals surface area contributed by atoms with Gasteiger partial charge in [-0.15, -0.1) is 0 Å². The summed E-state index contributed by atoms with van der Waals surface area (Å²) < 4.78 is 11.3. The fraction of sp³-hybridized carbons (Fsp3) is 0.0345. The number of ether oxygens (including phenoxy) is 2. The second-order valence-electron chi connectivity index (χ2n) is 7.63. The van der Waals surface area contributed by atoms with Gasteiger partial charge in [0.15, 0.2) is 5.70 Å². The van der Waals surface area contributed by atoms with E-state index in [1.807, 2.05) is 97.1 Å². The molecule has 1 aliphatic rings. The van der Waals surface area contributed by atoms with Crippen LogP contribution >= 0.6 is 0 Å². The summed E-state index contributed by atoms with van der Waals surface area (Å²) in [4.78, 5) is 16.8. The molecule has 0 spiro atoms. The van der Waals surface area contributed by atoms with E-state index in [-0.39, 0.29) is 5.70 Å². The number of nitrogens with zero attached hydrogens (tertiary/aromatic N) is 1. The van der Waals surface area contributed by atoms with Gasteiger partial charge in [0, 0.05) is 5.56 Å². The number of esters is 1. The third-order valence-corrected chi connectivity index (χ3v) is 5.27. The van der Waals surface area contributed by atoms with Gasteiger partial charge in [-0.25, -0.2) is 9.79 Å². The first-order valence-electron chi connectivity index (χ1n) is 10.7. The first-order valence-corrected chi connectivity index (χ1v) is 10.7. The highest BCUT2D eigenvalue weighted by atomic mass is 16.6. The Balaban J connectivity index is 1.32. The Morgan fingerprint density at radius 3 is 2.15 bits per heavy atom. The Hall–Kier alpha value is -4.44.